The van der Waals surface area contributed by atoms with Crippen molar-refractivity contribution < 1.29 is 4.79 Å². The third-order valence-corrected chi connectivity index (χ3v) is 6.17. The molecule has 1 aromatic heterocycles. The van der Waals surface area contributed by atoms with Gasteiger partial charge in [-0.2, -0.15) is 0 Å². The normalized spacial score (nSPS) is 39.0. The number of nitrogens with zero attached hydrogens (tertiary/aromatic N) is 1. The van der Waals surface area contributed by atoms with E-state index in [-0.39, 0.29) is 14.5 Å². The fraction of sp³-hybridized carbons (Fsp3) is 0.462. The van der Waals surface area contributed by atoms with Crippen LogP contribution in [0.15, 0.2) is 29.2 Å². The van der Waals surface area contributed by atoms with Gasteiger partial charge in [0.2, 0.25) is 0 Å². The average Bonchev–Trinajstić information content (AvgIpc) is 2.71. The van der Waals surface area contributed by atoms with E-state index in [4.69, 9.17) is 0 Å². The van der Waals surface area contributed by atoms with Crippen molar-refractivity contribution in [1.82, 2.24) is 4.90 Å². The van der Waals surface area contributed by atoms with Crippen LogP contribution in [-0.4, -0.2) is 37.4 Å². The number of fused-ring (bicyclic) bond motifs is 5. The van der Waals surface area contributed by atoms with Gasteiger partial charge in [-0.1, -0.05) is 0 Å². The van der Waals surface area contributed by atoms with Crippen molar-refractivity contribution in [2.75, 3.05) is 0 Å². The predicted octanol–water partition coefficient (Wildman–Crippen LogP) is 1.53. The molecule has 0 N–H and O–H groups in total. The molecule has 1 amide bonds. The fourth-order valence-corrected chi connectivity index (χ4v) is 5.11. The monoisotopic (exact) mass is 279 g/mol. The summed E-state index contributed by atoms with van der Waals surface area (Å²) in [7, 11) is 0. The second-order valence-corrected chi connectivity index (χ2v) is 7.12. The van der Waals surface area contributed by atoms with Gasteiger partial charge in [0.15, 0.2) is 0 Å². The molecule has 1 saturated heterocycles. The van der Waals surface area contributed by atoms with Crippen LogP contribution >= 0.6 is 0 Å². The molecule has 2 nitrogen and oxygen atoms in total. The molecule has 16 heavy (non-hydrogen) atoms. The van der Waals surface area contributed by atoms with E-state index in [9.17, 15) is 4.79 Å². The van der Waals surface area contributed by atoms with Crippen molar-refractivity contribution in [1.29, 1.82) is 0 Å². The Morgan fingerprint density at radius 3 is 3.06 bits per heavy atom. The number of amides is 1. The first-order valence-electron chi connectivity index (χ1n) is 5.81. The number of hydrogen-bond donors (Lipinski definition) is 0. The molecule has 2 saturated carbocycles. The number of piperidine rings is 1. The maximum atomic E-state index is 12.3. The standard InChI is InChI=1S/C13H13NOSe/c1-7-5-8-6-9(7)12-11(8)14(12)13(15)10-3-2-4-16-10/h2-4,8-9,11-12H,1,5-6H2. The zero-order valence-corrected chi connectivity index (χ0v) is 10.6. The Hall–Kier alpha value is -0.791. The van der Waals surface area contributed by atoms with Gasteiger partial charge in [0.25, 0.3) is 0 Å². The molecule has 4 rings (SSSR count). The van der Waals surface area contributed by atoms with E-state index in [2.05, 4.69) is 16.4 Å². The molecule has 3 aliphatic rings. The van der Waals surface area contributed by atoms with Crippen molar-refractivity contribution in [3.63, 3.8) is 0 Å². The van der Waals surface area contributed by atoms with Crippen molar-refractivity contribution in [3.05, 3.63) is 33.7 Å². The average molecular weight is 278 g/mol. The molecule has 0 radical (unpaired) electrons. The van der Waals surface area contributed by atoms with Crippen LogP contribution in [0.5, 0.6) is 0 Å². The minimum absolute atomic E-state index is 0.282. The van der Waals surface area contributed by atoms with Crippen LogP contribution in [0.2, 0.25) is 0 Å². The van der Waals surface area contributed by atoms with Gasteiger partial charge >= 0.3 is 101 Å². The molecule has 2 heterocycles. The van der Waals surface area contributed by atoms with Crippen molar-refractivity contribution >= 4 is 20.4 Å². The van der Waals surface area contributed by atoms with Crippen LogP contribution in [0.25, 0.3) is 0 Å². The molecular weight excluding hydrogens is 265 g/mol. The fourth-order valence-electron chi connectivity index (χ4n) is 3.71. The summed E-state index contributed by atoms with van der Waals surface area (Å²) in [5, 5.41) is 0. The summed E-state index contributed by atoms with van der Waals surface area (Å²) in [5.74, 6) is 1.67. The Morgan fingerprint density at radius 2 is 2.38 bits per heavy atom. The van der Waals surface area contributed by atoms with Gasteiger partial charge in [-0.05, 0) is 0 Å². The van der Waals surface area contributed by atoms with E-state index in [1.165, 1.54) is 12.0 Å². The van der Waals surface area contributed by atoms with Gasteiger partial charge in [0, 0.05) is 0 Å². The maximum absolute atomic E-state index is 12.3. The topological polar surface area (TPSA) is 20.1 Å². The van der Waals surface area contributed by atoms with E-state index in [1.807, 2.05) is 12.1 Å². The van der Waals surface area contributed by atoms with Crippen molar-refractivity contribution in [2.45, 2.75) is 24.9 Å². The number of hydrogen-bond acceptors (Lipinski definition) is 1. The summed E-state index contributed by atoms with van der Waals surface area (Å²) in [6.07, 6.45) is 2.46. The molecule has 0 aromatic carbocycles. The van der Waals surface area contributed by atoms with Crippen LogP contribution in [0, 0.1) is 11.8 Å². The molecule has 4 unspecified atom stereocenters. The zero-order chi connectivity index (χ0) is 10.9. The molecule has 4 atom stereocenters. The molecule has 3 heteroatoms. The first kappa shape index (κ1) is 9.26. The number of likely N-dealkylation sites (tertiary alicyclic amines) is 1. The Morgan fingerprint density at radius 1 is 1.50 bits per heavy atom. The van der Waals surface area contributed by atoms with Gasteiger partial charge in [-0.15, -0.1) is 0 Å². The van der Waals surface area contributed by atoms with E-state index >= 15 is 0 Å². The van der Waals surface area contributed by atoms with Gasteiger partial charge in [0.1, 0.15) is 0 Å². The van der Waals surface area contributed by atoms with E-state index < -0.39 is 0 Å². The molecule has 0 spiro atoms. The van der Waals surface area contributed by atoms with E-state index in [0.29, 0.717) is 23.9 Å². The molecule has 82 valence electrons. The van der Waals surface area contributed by atoms with Crippen molar-refractivity contribution in [2.24, 2.45) is 11.8 Å². The third kappa shape index (κ3) is 1.01. The Labute approximate surface area is 101 Å². The van der Waals surface area contributed by atoms with Crippen LogP contribution in [0.1, 0.15) is 22.1 Å². The minimum atomic E-state index is 0.282. The van der Waals surface area contributed by atoms with Crippen LogP contribution < -0.4 is 0 Å². The van der Waals surface area contributed by atoms with Crippen LogP contribution in [-0.2, 0) is 0 Å². The van der Waals surface area contributed by atoms with Gasteiger partial charge in [-0.3, -0.25) is 0 Å². The van der Waals surface area contributed by atoms with E-state index in [1.54, 1.807) is 0 Å². The Kier molecular flexibility index (Phi) is 1.68. The number of carbonyl (C=O) groups is 1. The molecular formula is C13H13NOSe. The van der Waals surface area contributed by atoms with Gasteiger partial charge < -0.3 is 0 Å². The second-order valence-electron chi connectivity index (χ2n) is 5.14. The summed E-state index contributed by atoms with van der Waals surface area (Å²) < 4.78 is 1.03. The number of rotatable bonds is 1. The third-order valence-electron chi connectivity index (χ3n) is 4.37. The molecule has 3 fully saturated rings. The first-order chi connectivity index (χ1) is 7.77. The van der Waals surface area contributed by atoms with Crippen LogP contribution in [0.3, 0.4) is 0 Å². The van der Waals surface area contributed by atoms with Crippen molar-refractivity contribution in [3.8, 4) is 0 Å². The SMILES string of the molecule is C=C1CC2CC1C1C2N1C(=O)c1ccc[se]1. The molecule has 1 aromatic rings. The van der Waals surface area contributed by atoms with Gasteiger partial charge in [-0.25, -0.2) is 0 Å². The summed E-state index contributed by atoms with van der Waals surface area (Å²) >= 11 is 0.282. The van der Waals surface area contributed by atoms with E-state index in [0.717, 1.165) is 16.8 Å². The van der Waals surface area contributed by atoms with Gasteiger partial charge in [0.05, 0.1) is 0 Å². The molecule has 1 aliphatic heterocycles. The molecule has 2 aliphatic carbocycles. The first-order valence-corrected chi connectivity index (χ1v) is 7.66. The Bertz CT molecular complexity index is 478. The summed E-state index contributed by atoms with van der Waals surface area (Å²) in [6, 6.07) is 5.10. The molecule has 2 bridgehead atoms. The summed E-state index contributed by atoms with van der Waals surface area (Å²) in [6.45, 7) is 4.14. The zero-order valence-electron chi connectivity index (χ0n) is 8.93. The predicted molar refractivity (Wildman–Crippen MR) is 62.5 cm³/mol. The number of carbonyl (C=O) groups excluding carboxylic acids is 1. The van der Waals surface area contributed by atoms with Crippen LogP contribution in [0.4, 0.5) is 0 Å². The Balaban J connectivity index is 1.62. The summed E-state index contributed by atoms with van der Waals surface area (Å²) in [5.41, 5.74) is 1.39. The summed E-state index contributed by atoms with van der Waals surface area (Å²) in [4.78, 5) is 16.5. The second kappa shape index (κ2) is 2.91. The quantitative estimate of drug-likeness (QED) is 0.433.